The van der Waals surface area contributed by atoms with E-state index in [0.29, 0.717) is 25.0 Å². The Bertz CT molecular complexity index is 345. The lowest BCUT2D eigenvalue weighted by Gasteiger charge is -2.09. The van der Waals surface area contributed by atoms with Crippen LogP contribution in [-0.2, 0) is 11.3 Å². The van der Waals surface area contributed by atoms with Crippen LogP contribution in [0.5, 0.6) is 5.88 Å². The molecule has 1 N–H and O–H groups in total. The second-order valence-corrected chi connectivity index (χ2v) is 4.84. The molecule has 0 aliphatic heterocycles. The summed E-state index contributed by atoms with van der Waals surface area (Å²) in [5, 5.41) is 3.28. The van der Waals surface area contributed by atoms with Gasteiger partial charge in [0.2, 0.25) is 5.88 Å². The largest absolute Gasteiger partial charge is 0.474 e. The maximum atomic E-state index is 5.51. The average Bonchev–Trinajstić information content (AvgIpc) is 2.39. The third kappa shape index (κ3) is 7.74. The van der Waals surface area contributed by atoms with Crippen molar-refractivity contribution in [2.75, 3.05) is 26.4 Å². The van der Waals surface area contributed by atoms with Crippen molar-refractivity contribution in [2.24, 2.45) is 5.92 Å². The fourth-order valence-electron chi connectivity index (χ4n) is 1.46. The molecular formula is C14H25N3O2. The van der Waals surface area contributed by atoms with Crippen LogP contribution in [0, 0.1) is 5.92 Å². The van der Waals surface area contributed by atoms with E-state index < -0.39 is 0 Å². The van der Waals surface area contributed by atoms with Crippen LogP contribution in [0.15, 0.2) is 12.4 Å². The zero-order valence-electron chi connectivity index (χ0n) is 12.2. The fourth-order valence-corrected chi connectivity index (χ4v) is 1.46. The molecule has 0 saturated carbocycles. The smallest absolute Gasteiger partial charge is 0.232 e. The van der Waals surface area contributed by atoms with Gasteiger partial charge in [-0.15, -0.1) is 0 Å². The summed E-state index contributed by atoms with van der Waals surface area (Å²) in [6.45, 7) is 9.94. The summed E-state index contributed by atoms with van der Waals surface area (Å²) in [6.07, 6.45) is 4.49. The summed E-state index contributed by atoms with van der Waals surface area (Å²) < 4.78 is 10.9. The van der Waals surface area contributed by atoms with Crippen LogP contribution in [0.2, 0.25) is 0 Å². The molecule has 5 nitrogen and oxygen atoms in total. The predicted molar refractivity (Wildman–Crippen MR) is 75.2 cm³/mol. The van der Waals surface area contributed by atoms with E-state index in [9.17, 15) is 0 Å². The van der Waals surface area contributed by atoms with Gasteiger partial charge in [-0.25, -0.2) is 4.98 Å². The van der Waals surface area contributed by atoms with Crippen molar-refractivity contribution >= 4 is 0 Å². The Morgan fingerprint density at radius 3 is 2.84 bits per heavy atom. The van der Waals surface area contributed by atoms with Gasteiger partial charge in [0.05, 0.1) is 18.5 Å². The first-order valence-electron chi connectivity index (χ1n) is 6.94. The van der Waals surface area contributed by atoms with E-state index in [4.69, 9.17) is 9.47 Å². The van der Waals surface area contributed by atoms with Crippen LogP contribution in [0.25, 0.3) is 0 Å². The first-order valence-corrected chi connectivity index (χ1v) is 6.94. The lowest BCUT2D eigenvalue weighted by molar-refractivity contribution is 0.0804. The topological polar surface area (TPSA) is 56.3 Å². The Morgan fingerprint density at radius 2 is 2.11 bits per heavy atom. The number of nitrogens with one attached hydrogen (secondary N) is 1. The third-order valence-corrected chi connectivity index (χ3v) is 2.32. The molecule has 0 spiro atoms. The van der Waals surface area contributed by atoms with Crippen molar-refractivity contribution < 1.29 is 9.47 Å². The van der Waals surface area contributed by atoms with Gasteiger partial charge in [0.1, 0.15) is 6.61 Å². The number of aromatic nitrogens is 2. The second kappa shape index (κ2) is 9.69. The molecule has 1 aromatic rings. The van der Waals surface area contributed by atoms with Crippen molar-refractivity contribution in [1.82, 2.24) is 15.3 Å². The molecule has 0 atom stereocenters. The summed E-state index contributed by atoms with van der Waals surface area (Å²) in [4.78, 5) is 8.50. The molecule has 1 aromatic heterocycles. The molecule has 0 aliphatic rings. The van der Waals surface area contributed by atoms with Gasteiger partial charge >= 0.3 is 0 Å². The molecule has 0 amide bonds. The lowest BCUT2D eigenvalue weighted by atomic mass is 10.2. The summed E-state index contributed by atoms with van der Waals surface area (Å²) in [6, 6.07) is 0. The summed E-state index contributed by atoms with van der Waals surface area (Å²) >= 11 is 0. The predicted octanol–water partition coefficient (Wildman–Crippen LogP) is 2.03. The average molecular weight is 267 g/mol. The second-order valence-electron chi connectivity index (χ2n) is 4.84. The van der Waals surface area contributed by atoms with Crippen LogP contribution < -0.4 is 10.1 Å². The van der Waals surface area contributed by atoms with Gasteiger partial charge in [0, 0.05) is 19.3 Å². The van der Waals surface area contributed by atoms with Gasteiger partial charge in [-0.2, -0.15) is 0 Å². The Kier molecular flexibility index (Phi) is 8.09. The van der Waals surface area contributed by atoms with Crippen molar-refractivity contribution in [3.63, 3.8) is 0 Å². The summed E-state index contributed by atoms with van der Waals surface area (Å²) in [7, 11) is 0. The highest BCUT2D eigenvalue weighted by Crippen LogP contribution is 2.05. The minimum atomic E-state index is 0.507. The van der Waals surface area contributed by atoms with E-state index in [1.807, 2.05) is 0 Å². The zero-order chi connectivity index (χ0) is 13.9. The summed E-state index contributed by atoms with van der Waals surface area (Å²) in [5.41, 5.74) is 0.897. The Hall–Kier alpha value is -1.20. The van der Waals surface area contributed by atoms with Crippen molar-refractivity contribution in [1.29, 1.82) is 0 Å². The van der Waals surface area contributed by atoms with Crippen molar-refractivity contribution in [3.05, 3.63) is 18.1 Å². The first-order chi connectivity index (χ1) is 9.22. The number of ether oxygens (including phenoxy) is 2. The maximum absolute atomic E-state index is 5.51. The van der Waals surface area contributed by atoms with Gasteiger partial charge < -0.3 is 14.8 Å². The van der Waals surface area contributed by atoms with Gasteiger partial charge in [-0.3, -0.25) is 4.98 Å². The number of hydrogen-bond donors (Lipinski definition) is 1. The van der Waals surface area contributed by atoms with E-state index in [1.165, 1.54) is 0 Å². The molecular weight excluding hydrogens is 242 g/mol. The molecule has 0 radical (unpaired) electrons. The van der Waals surface area contributed by atoms with E-state index in [0.717, 1.165) is 31.8 Å². The highest BCUT2D eigenvalue weighted by Gasteiger charge is 2.00. The Balaban J connectivity index is 2.23. The molecule has 0 fully saturated rings. The lowest BCUT2D eigenvalue weighted by Crippen LogP contribution is -2.16. The Labute approximate surface area is 115 Å². The van der Waals surface area contributed by atoms with Crippen LogP contribution in [-0.4, -0.2) is 36.3 Å². The highest BCUT2D eigenvalue weighted by atomic mass is 16.5. The quantitative estimate of drug-likeness (QED) is 0.657. The zero-order valence-corrected chi connectivity index (χ0v) is 12.2. The van der Waals surface area contributed by atoms with Crippen LogP contribution in [0.1, 0.15) is 32.9 Å². The molecule has 0 unspecified atom stereocenters. The molecule has 0 saturated heterocycles. The molecule has 5 heteroatoms. The van der Waals surface area contributed by atoms with E-state index in [2.05, 4.69) is 36.1 Å². The van der Waals surface area contributed by atoms with Crippen molar-refractivity contribution in [2.45, 2.75) is 33.7 Å². The maximum Gasteiger partial charge on any atom is 0.232 e. The fraction of sp³-hybridized carbons (Fsp3) is 0.714. The molecule has 19 heavy (non-hydrogen) atoms. The highest BCUT2D eigenvalue weighted by molar-refractivity contribution is 5.08. The first kappa shape index (κ1) is 15.9. The Morgan fingerprint density at radius 1 is 1.26 bits per heavy atom. The van der Waals surface area contributed by atoms with E-state index in [-0.39, 0.29) is 0 Å². The molecule has 0 bridgehead atoms. The third-order valence-electron chi connectivity index (χ3n) is 2.32. The minimum absolute atomic E-state index is 0.507. The number of rotatable bonds is 10. The van der Waals surface area contributed by atoms with Crippen molar-refractivity contribution in [3.8, 4) is 5.88 Å². The van der Waals surface area contributed by atoms with Crippen LogP contribution in [0.4, 0.5) is 0 Å². The van der Waals surface area contributed by atoms with Gasteiger partial charge in [0.15, 0.2) is 0 Å². The summed E-state index contributed by atoms with van der Waals surface area (Å²) in [5.74, 6) is 1.11. The van der Waals surface area contributed by atoms with Crippen LogP contribution >= 0.6 is 0 Å². The number of hydrogen-bond acceptors (Lipinski definition) is 5. The molecule has 1 rings (SSSR count). The van der Waals surface area contributed by atoms with Gasteiger partial charge in [0.25, 0.3) is 0 Å². The molecule has 1 heterocycles. The van der Waals surface area contributed by atoms with Gasteiger partial charge in [-0.05, 0) is 18.9 Å². The van der Waals surface area contributed by atoms with Gasteiger partial charge in [-0.1, -0.05) is 20.8 Å². The molecule has 0 aliphatic carbocycles. The van der Waals surface area contributed by atoms with E-state index in [1.54, 1.807) is 12.4 Å². The SMILES string of the molecule is CCCNCc1cncc(OCCOCC(C)C)n1. The standard InChI is InChI=1S/C14H25N3O2/c1-4-5-15-8-13-9-16-10-14(17-13)19-7-6-18-11-12(2)3/h9-10,12,15H,4-8,11H2,1-3H3. The molecule has 108 valence electrons. The number of nitrogens with zero attached hydrogens (tertiary/aromatic N) is 2. The van der Waals surface area contributed by atoms with E-state index >= 15 is 0 Å². The minimum Gasteiger partial charge on any atom is -0.474 e. The normalized spacial score (nSPS) is 10.9. The molecule has 0 aromatic carbocycles. The van der Waals surface area contributed by atoms with Crippen LogP contribution in [0.3, 0.4) is 0 Å². The monoisotopic (exact) mass is 267 g/mol.